The molecule has 4 aromatic rings. The molecular weight excluding hydrogens is 466 g/mol. The van der Waals surface area contributed by atoms with E-state index in [-0.39, 0.29) is 17.4 Å². The van der Waals surface area contributed by atoms with Gasteiger partial charge in [-0.2, -0.15) is 4.98 Å². The first kappa shape index (κ1) is 23.3. The number of amides is 1. The lowest BCUT2D eigenvalue weighted by molar-refractivity contribution is 0.0671. The Morgan fingerprint density at radius 2 is 1.89 bits per heavy atom. The highest BCUT2D eigenvalue weighted by Crippen LogP contribution is 2.26. The molecule has 1 fully saturated rings. The minimum absolute atomic E-state index is 0.00565. The first-order valence-corrected chi connectivity index (χ1v) is 12.0. The molecule has 35 heavy (non-hydrogen) atoms. The van der Waals surface area contributed by atoms with Crippen molar-refractivity contribution in [3.63, 3.8) is 0 Å². The molecule has 182 valence electrons. The van der Waals surface area contributed by atoms with Crippen molar-refractivity contribution in [3.8, 4) is 11.3 Å². The summed E-state index contributed by atoms with van der Waals surface area (Å²) in [5.74, 6) is 0.00565. The quantitative estimate of drug-likeness (QED) is 0.385. The Morgan fingerprint density at radius 1 is 1.11 bits per heavy atom. The van der Waals surface area contributed by atoms with Crippen LogP contribution in [0.2, 0.25) is 5.15 Å². The van der Waals surface area contributed by atoms with E-state index in [0.717, 1.165) is 17.8 Å². The Labute approximate surface area is 208 Å². The molecule has 1 aliphatic rings. The van der Waals surface area contributed by atoms with Crippen molar-refractivity contribution in [2.45, 2.75) is 40.3 Å². The summed E-state index contributed by atoms with van der Waals surface area (Å²) in [4.78, 5) is 25.8. The molecule has 3 aromatic heterocycles. The smallest absolute Gasteiger partial charge is 0.300 e. The van der Waals surface area contributed by atoms with Gasteiger partial charge in [-0.05, 0) is 36.6 Å². The van der Waals surface area contributed by atoms with Crippen LogP contribution in [0.5, 0.6) is 0 Å². The van der Waals surface area contributed by atoms with Crippen molar-refractivity contribution in [3.05, 3.63) is 53.3 Å². The third-order valence-corrected chi connectivity index (χ3v) is 6.18. The molecule has 1 atom stereocenters. The fourth-order valence-corrected chi connectivity index (χ4v) is 4.44. The standard InChI is InChI=1S/C25H28ClN7O2/c1-16-13-31(24-28-22-20(35-24)9-10-21(26)27-22)11-12-33(16)23(34)18-7-5-17(6-8-18)19-14-32(30-29-19)15-25(2,3)4/h5-10,14,16H,11-13,15H2,1-4H3. The second-order valence-electron chi connectivity index (χ2n) is 10.2. The van der Waals surface area contributed by atoms with Gasteiger partial charge in [-0.3, -0.25) is 9.48 Å². The second kappa shape index (κ2) is 8.96. The van der Waals surface area contributed by atoms with Crippen molar-refractivity contribution in [2.24, 2.45) is 5.41 Å². The number of aromatic nitrogens is 5. The van der Waals surface area contributed by atoms with Crippen LogP contribution in [0.4, 0.5) is 6.01 Å². The summed E-state index contributed by atoms with van der Waals surface area (Å²) in [5.41, 5.74) is 3.57. The molecule has 1 saturated heterocycles. The Bertz CT molecular complexity index is 1360. The SMILES string of the molecule is CC1CN(c2nc3nc(Cl)ccc3o2)CCN1C(=O)c1ccc(-c2cn(CC(C)(C)C)nn2)cc1. The summed E-state index contributed by atoms with van der Waals surface area (Å²) < 4.78 is 7.71. The number of benzene rings is 1. The Kier molecular flexibility index (Phi) is 5.96. The molecule has 0 aliphatic carbocycles. The maximum absolute atomic E-state index is 13.3. The zero-order valence-electron chi connectivity index (χ0n) is 20.3. The number of hydrogen-bond acceptors (Lipinski definition) is 7. The summed E-state index contributed by atoms with van der Waals surface area (Å²) >= 11 is 5.96. The third-order valence-electron chi connectivity index (χ3n) is 5.97. The van der Waals surface area contributed by atoms with Crippen molar-refractivity contribution in [1.29, 1.82) is 0 Å². The van der Waals surface area contributed by atoms with Crippen LogP contribution in [-0.2, 0) is 6.54 Å². The first-order chi connectivity index (χ1) is 16.7. The van der Waals surface area contributed by atoms with Crippen LogP contribution < -0.4 is 4.90 Å². The highest BCUT2D eigenvalue weighted by molar-refractivity contribution is 6.29. The zero-order chi connectivity index (χ0) is 24.7. The number of carbonyl (C=O) groups excluding carboxylic acids is 1. The molecule has 9 nitrogen and oxygen atoms in total. The van der Waals surface area contributed by atoms with Crippen LogP contribution in [0.25, 0.3) is 22.5 Å². The molecule has 0 spiro atoms. The number of hydrogen-bond donors (Lipinski definition) is 0. The predicted octanol–water partition coefficient (Wildman–Crippen LogP) is 4.53. The summed E-state index contributed by atoms with van der Waals surface area (Å²) in [6.07, 6.45) is 1.94. The van der Waals surface area contributed by atoms with Crippen molar-refractivity contribution in [1.82, 2.24) is 29.9 Å². The lowest BCUT2D eigenvalue weighted by Gasteiger charge is -2.39. The van der Waals surface area contributed by atoms with Gasteiger partial charge in [0.15, 0.2) is 5.58 Å². The number of halogens is 1. The van der Waals surface area contributed by atoms with E-state index in [1.54, 1.807) is 12.1 Å². The summed E-state index contributed by atoms with van der Waals surface area (Å²) in [7, 11) is 0. The number of piperazine rings is 1. The average molecular weight is 494 g/mol. The van der Waals surface area contributed by atoms with Gasteiger partial charge in [0.25, 0.3) is 11.9 Å². The topological polar surface area (TPSA) is 93.2 Å². The number of rotatable bonds is 4. The highest BCUT2D eigenvalue weighted by Gasteiger charge is 2.30. The van der Waals surface area contributed by atoms with Crippen molar-refractivity contribution < 1.29 is 9.21 Å². The minimum Gasteiger partial charge on any atom is -0.422 e. The summed E-state index contributed by atoms with van der Waals surface area (Å²) in [5, 5.41) is 8.90. The maximum atomic E-state index is 13.3. The van der Waals surface area contributed by atoms with Crippen LogP contribution in [-0.4, -0.2) is 61.4 Å². The van der Waals surface area contributed by atoms with Gasteiger partial charge in [0.1, 0.15) is 10.8 Å². The Morgan fingerprint density at radius 3 is 2.60 bits per heavy atom. The molecule has 1 amide bonds. The van der Waals surface area contributed by atoms with Gasteiger partial charge in [-0.25, -0.2) is 4.98 Å². The van der Waals surface area contributed by atoms with Gasteiger partial charge in [0.2, 0.25) is 5.65 Å². The molecule has 0 saturated carbocycles. The predicted molar refractivity (Wildman–Crippen MR) is 134 cm³/mol. The Hall–Kier alpha value is -3.46. The van der Waals surface area contributed by atoms with E-state index in [1.807, 2.05) is 51.9 Å². The largest absolute Gasteiger partial charge is 0.422 e. The van der Waals surface area contributed by atoms with Crippen LogP contribution in [0, 0.1) is 5.41 Å². The second-order valence-corrected chi connectivity index (χ2v) is 10.6. The summed E-state index contributed by atoms with van der Waals surface area (Å²) in [6, 6.07) is 11.5. The molecule has 0 bridgehead atoms. The zero-order valence-corrected chi connectivity index (χ0v) is 21.0. The van der Waals surface area contributed by atoms with E-state index < -0.39 is 0 Å². The van der Waals surface area contributed by atoms with Crippen LogP contribution >= 0.6 is 11.6 Å². The number of carbonyl (C=O) groups is 1. The van der Waals surface area contributed by atoms with Gasteiger partial charge < -0.3 is 14.2 Å². The molecule has 1 unspecified atom stereocenters. The van der Waals surface area contributed by atoms with Crippen LogP contribution in [0.1, 0.15) is 38.1 Å². The maximum Gasteiger partial charge on any atom is 0.300 e. The molecule has 4 heterocycles. The normalized spacial score (nSPS) is 16.8. The molecule has 1 aliphatic heterocycles. The molecule has 1 aromatic carbocycles. The Balaban J connectivity index is 1.25. The molecule has 5 rings (SSSR count). The number of pyridine rings is 1. The fourth-order valence-electron chi connectivity index (χ4n) is 4.30. The van der Waals surface area contributed by atoms with E-state index in [4.69, 9.17) is 16.0 Å². The molecule has 0 radical (unpaired) electrons. The molecular formula is C25H28ClN7O2. The molecule has 0 N–H and O–H groups in total. The first-order valence-electron chi connectivity index (χ1n) is 11.7. The lowest BCUT2D eigenvalue weighted by Crippen LogP contribution is -2.54. The van der Waals surface area contributed by atoms with Gasteiger partial charge in [0.05, 0.1) is 6.20 Å². The lowest BCUT2D eigenvalue weighted by atomic mass is 9.97. The number of oxazole rings is 1. The van der Waals surface area contributed by atoms with Gasteiger partial charge >= 0.3 is 0 Å². The summed E-state index contributed by atoms with van der Waals surface area (Å²) in [6.45, 7) is 11.1. The average Bonchev–Trinajstić information content (AvgIpc) is 3.44. The fraction of sp³-hybridized carbons (Fsp3) is 0.400. The van der Waals surface area contributed by atoms with Gasteiger partial charge in [-0.15, -0.1) is 5.10 Å². The molecule has 10 heteroatoms. The minimum atomic E-state index is -0.0141. The number of nitrogens with zero attached hydrogens (tertiary/aromatic N) is 7. The van der Waals surface area contributed by atoms with Crippen molar-refractivity contribution >= 4 is 34.8 Å². The monoisotopic (exact) mass is 493 g/mol. The number of anilines is 1. The van der Waals surface area contributed by atoms with E-state index in [0.29, 0.717) is 47.6 Å². The van der Waals surface area contributed by atoms with Gasteiger partial charge in [0, 0.05) is 43.3 Å². The van der Waals surface area contributed by atoms with E-state index in [1.165, 1.54) is 0 Å². The number of fused-ring (bicyclic) bond motifs is 1. The third kappa shape index (κ3) is 5.00. The van der Waals surface area contributed by atoms with Crippen molar-refractivity contribution in [2.75, 3.05) is 24.5 Å². The van der Waals surface area contributed by atoms with Crippen LogP contribution in [0.15, 0.2) is 47.0 Å². The highest BCUT2D eigenvalue weighted by atomic mass is 35.5. The van der Waals surface area contributed by atoms with E-state index in [9.17, 15) is 4.79 Å². The van der Waals surface area contributed by atoms with E-state index >= 15 is 0 Å². The van der Waals surface area contributed by atoms with Crippen LogP contribution in [0.3, 0.4) is 0 Å². The van der Waals surface area contributed by atoms with E-state index in [2.05, 4.69) is 41.1 Å². The van der Waals surface area contributed by atoms with Gasteiger partial charge in [-0.1, -0.05) is 49.7 Å².